The van der Waals surface area contributed by atoms with Crippen LogP contribution in [0.4, 0.5) is 0 Å². The zero-order valence-corrected chi connectivity index (χ0v) is 16.1. The Morgan fingerprint density at radius 2 is 2.07 bits per heavy atom. The Balaban J connectivity index is 1.92. The van der Waals surface area contributed by atoms with Crippen molar-refractivity contribution in [1.29, 1.82) is 0 Å². The van der Waals surface area contributed by atoms with Gasteiger partial charge in [-0.05, 0) is 43.7 Å². The maximum Gasteiger partial charge on any atom is 0.242 e. The molecule has 0 unspecified atom stereocenters. The molecule has 0 atom stereocenters. The van der Waals surface area contributed by atoms with Crippen molar-refractivity contribution in [2.75, 3.05) is 0 Å². The van der Waals surface area contributed by atoms with Crippen LogP contribution in [-0.2, 0) is 6.42 Å². The molecule has 3 heterocycles. The average Bonchev–Trinajstić information content (AvgIpc) is 3.31. The van der Waals surface area contributed by atoms with Crippen LogP contribution < -0.4 is 0 Å². The zero-order valence-electron chi connectivity index (χ0n) is 14.5. The van der Waals surface area contributed by atoms with Gasteiger partial charge in [0.05, 0.1) is 15.8 Å². The van der Waals surface area contributed by atoms with E-state index < -0.39 is 17.4 Å². The molecule has 6 nitrogen and oxygen atoms in total. The van der Waals surface area contributed by atoms with E-state index in [-0.39, 0.29) is 11.3 Å². The Bertz CT molecular complexity index is 1190. The van der Waals surface area contributed by atoms with Gasteiger partial charge < -0.3 is 14.6 Å². The number of aromatic nitrogens is 2. The lowest BCUT2D eigenvalue weighted by molar-refractivity contribution is 0.100. The summed E-state index contributed by atoms with van der Waals surface area (Å²) in [5.74, 6) is -0.712. The Kier molecular flexibility index (Phi) is 4.20. The molecule has 0 fully saturated rings. The van der Waals surface area contributed by atoms with Crippen molar-refractivity contribution >= 4 is 38.9 Å². The van der Waals surface area contributed by atoms with Crippen LogP contribution in [0.15, 0.2) is 34.7 Å². The number of halogens is 1. The van der Waals surface area contributed by atoms with Crippen molar-refractivity contribution in [2.24, 2.45) is 0 Å². The summed E-state index contributed by atoms with van der Waals surface area (Å²) in [6, 6.07) is 8.51. The molecule has 4 rings (SSSR count). The third-order valence-corrected chi connectivity index (χ3v) is 5.51. The SMILES string of the molecule is CCc1c(C(=O)c2ccc(C)o2)c(O)c(O)n1-c1nc2ccc(Cl)cc2s1. The van der Waals surface area contributed by atoms with Gasteiger partial charge in [0.15, 0.2) is 16.6 Å². The second kappa shape index (κ2) is 6.44. The molecular weight excluding hydrogens is 388 g/mol. The van der Waals surface area contributed by atoms with Gasteiger partial charge in [-0.1, -0.05) is 29.9 Å². The van der Waals surface area contributed by atoms with E-state index in [2.05, 4.69) is 4.98 Å². The van der Waals surface area contributed by atoms with Gasteiger partial charge in [0, 0.05) is 10.7 Å². The fourth-order valence-electron chi connectivity index (χ4n) is 3.04. The number of nitrogens with zero attached hydrogens (tertiary/aromatic N) is 2. The molecule has 0 bridgehead atoms. The highest BCUT2D eigenvalue weighted by Crippen LogP contribution is 2.41. The van der Waals surface area contributed by atoms with E-state index in [9.17, 15) is 15.0 Å². The number of carbonyl (C=O) groups excluding carboxylic acids is 1. The lowest BCUT2D eigenvalue weighted by atomic mass is 10.1. The fourth-order valence-corrected chi connectivity index (χ4v) is 4.30. The van der Waals surface area contributed by atoms with E-state index in [1.54, 1.807) is 37.3 Å². The summed E-state index contributed by atoms with van der Waals surface area (Å²) >= 11 is 7.34. The molecule has 1 aromatic carbocycles. The minimum atomic E-state index is -0.490. The first-order chi connectivity index (χ1) is 12.9. The van der Waals surface area contributed by atoms with Crippen LogP contribution in [0.5, 0.6) is 11.6 Å². The lowest BCUT2D eigenvalue weighted by Crippen LogP contribution is -2.06. The quantitative estimate of drug-likeness (QED) is 0.476. The molecule has 0 spiro atoms. The smallest absolute Gasteiger partial charge is 0.242 e. The van der Waals surface area contributed by atoms with Crippen molar-refractivity contribution in [1.82, 2.24) is 9.55 Å². The molecular formula is C19H15ClN2O4S. The minimum Gasteiger partial charge on any atom is -0.503 e. The van der Waals surface area contributed by atoms with E-state index in [0.29, 0.717) is 33.5 Å². The predicted octanol–water partition coefficient (Wildman–Crippen LogP) is 4.85. The summed E-state index contributed by atoms with van der Waals surface area (Å²) < 4.78 is 7.63. The number of furan rings is 1. The topological polar surface area (TPSA) is 88.5 Å². The molecule has 0 saturated carbocycles. The van der Waals surface area contributed by atoms with Gasteiger partial charge in [0.2, 0.25) is 11.7 Å². The van der Waals surface area contributed by atoms with Crippen molar-refractivity contribution in [3.05, 3.63) is 58.1 Å². The molecule has 8 heteroatoms. The average molecular weight is 403 g/mol. The Hall–Kier alpha value is -2.77. The molecule has 4 aromatic rings. The number of rotatable bonds is 4. The van der Waals surface area contributed by atoms with Crippen LogP contribution in [0.1, 0.15) is 34.5 Å². The third kappa shape index (κ3) is 2.79. The van der Waals surface area contributed by atoms with E-state index in [1.807, 2.05) is 6.92 Å². The number of hydrogen-bond acceptors (Lipinski definition) is 6. The summed E-state index contributed by atoms with van der Waals surface area (Å²) in [6.07, 6.45) is 0.394. The monoisotopic (exact) mass is 402 g/mol. The molecule has 0 aliphatic carbocycles. The second-order valence-corrected chi connectivity index (χ2v) is 7.48. The Morgan fingerprint density at radius 1 is 1.30 bits per heavy atom. The van der Waals surface area contributed by atoms with Gasteiger partial charge in [0.1, 0.15) is 5.76 Å². The van der Waals surface area contributed by atoms with Crippen LogP contribution in [0.2, 0.25) is 5.02 Å². The number of aryl methyl sites for hydroxylation is 1. The number of ketones is 1. The van der Waals surface area contributed by atoms with E-state index >= 15 is 0 Å². The van der Waals surface area contributed by atoms with Crippen molar-refractivity contribution in [3.63, 3.8) is 0 Å². The number of carbonyl (C=O) groups is 1. The third-order valence-electron chi connectivity index (χ3n) is 4.28. The van der Waals surface area contributed by atoms with Crippen molar-refractivity contribution < 1.29 is 19.4 Å². The van der Waals surface area contributed by atoms with Gasteiger partial charge in [-0.25, -0.2) is 4.98 Å². The summed E-state index contributed by atoms with van der Waals surface area (Å²) in [5, 5.41) is 22.0. The number of hydrogen-bond donors (Lipinski definition) is 2. The standard InChI is InChI=1S/C19H15ClN2O4S/c1-3-12-15(16(23)13-7-4-9(2)26-13)17(24)18(25)22(12)19-21-11-6-5-10(20)8-14(11)27-19/h4-8,24-25H,3H2,1-2H3. The predicted molar refractivity (Wildman–Crippen MR) is 104 cm³/mol. The minimum absolute atomic E-state index is 0.0154. The van der Waals surface area contributed by atoms with Crippen LogP contribution in [-0.4, -0.2) is 25.5 Å². The number of thiazole rings is 1. The summed E-state index contributed by atoms with van der Waals surface area (Å²) in [6.45, 7) is 3.56. The molecule has 138 valence electrons. The van der Waals surface area contributed by atoms with Crippen molar-refractivity contribution in [3.8, 4) is 16.8 Å². The van der Waals surface area contributed by atoms with E-state index in [4.69, 9.17) is 16.0 Å². The zero-order chi connectivity index (χ0) is 19.3. The van der Waals surface area contributed by atoms with Crippen LogP contribution in [0.3, 0.4) is 0 Å². The first-order valence-electron chi connectivity index (χ1n) is 8.23. The number of benzene rings is 1. The number of aromatic hydroxyl groups is 2. The first kappa shape index (κ1) is 17.6. The highest BCUT2D eigenvalue weighted by Gasteiger charge is 2.30. The normalized spacial score (nSPS) is 11.4. The Morgan fingerprint density at radius 3 is 2.74 bits per heavy atom. The van der Waals surface area contributed by atoms with Crippen LogP contribution in [0.25, 0.3) is 15.3 Å². The molecule has 3 aromatic heterocycles. The van der Waals surface area contributed by atoms with Crippen LogP contribution in [0, 0.1) is 6.92 Å². The largest absolute Gasteiger partial charge is 0.503 e. The highest BCUT2D eigenvalue weighted by atomic mass is 35.5. The molecule has 0 saturated heterocycles. The Labute approximate surface area is 163 Å². The summed E-state index contributed by atoms with van der Waals surface area (Å²) in [4.78, 5) is 17.4. The fraction of sp³-hybridized carbons (Fsp3) is 0.158. The van der Waals surface area contributed by atoms with Gasteiger partial charge in [-0.2, -0.15) is 0 Å². The van der Waals surface area contributed by atoms with Gasteiger partial charge in [-0.15, -0.1) is 0 Å². The van der Waals surface area contributed by atoms with Gasteiger partial charge in [0.25, 0.3) is 0 Å². The molecule has 2 N–H and O–H groups in total. The lowest BCUT2D eigenvalue weighted by Gasteiger charge is -2.05. The van der Waals surface area contributed by atoms with Crippen molar-refractivity contribution in [2.45, 2.75) is 20.3 Å². The molecule has 0 aliphatic rings. The number of fused-ring (bicyclic) bond motifs is 1. The summed E-state index contributed by atoms with van der Waals surface area (Å²) in [7, 11) is 0. The maximum atomic E-state index is 12.9. The molecule has 0 radical (unpaired) electrons. The molecule has 27 heavy (non-hydrogen) atoms. The van der Waals surface area contributed by atoms with Gasteiger partial charge in [-0.3, -0.25) is 9.36 Å². The molecule has 0 amide bonds. The highest BCUT2D eigenvalue weighted by molar-refractivity contribution is 7.20. The van der Waals surface area contributed by atoms with E-state index in [1.165, 1.54) is 15.9 Å². The first-order valence-corrected chi connectivity index (χ1v) is 9.43. The van der Waals surface area contributed by atoms with E-state index in [0.717, 1.165) is 4.70 Å². The second-order valence-electron chi connectivity index (χ2n) is 6.03. The maximum absolute atomic E-state index is 12.9. The van der Waals surface area contributed by atoms with Crippen LogP contribution >= 0.6 is 22.9 Å². The molecule has 0 aliphatic heterocycles. The van der Waals surface area contributed by atoms with Gasteiger partial charge >= 0.3 is 0 Å². The summed E-state index contributed by atoms with van der Waals surface area (Å²) in [5.41, 5.74) is 1.18.